The van der Waals surface area contributed by atoms with Crippen molar-refractivity contribution in [1.82, 2.24) is 15.3 Å². The Labute approximate surface area is 180 Å². The number of imidazole rings is 1. The third-order valence-corrected chi connectivity index (χ3v) is 5.79. The molecule has 1 atom stereocenters. The third-order valence-electron chi connectivity index (χ3n) is 5.50. The summed E-state index contributed by atoms with van der Waals surface area (Å²) >= 11 is 5.73. The SMILES string of the molecule is CC1(C)CNC1CNc1nc2c(F)c(F)cc(C(=N)N(O)c3ccc(F)c(Cl)c3)c2[nH]1. The summed E-state index contributed by atoms with van der Waals surface area (Å²) in [7, 11) is 0. The molecule has 0 spiro atoms. The van der Waals surface area contributed by atoms with Gasteiger partial charge in [0.25, 0.3) is 0 Å². The molecule has 3 aromatic rings. The van der Waals surface area contributed by atoms with Gasteiger partial charge in [0, 0.05) is 24.7 Å². The van der Waals surface area contributed by atoms with Crippen molar-refractivity contribution < 1.29 is 18.4 Å². The zero-order valence-corrected chi connectivity index (χ0v) is 17.4. The fourth-order valence-electron chi connectivity index (χ4n) is 3.43. The van der Waals surface area contributed by atoms with Gasteiger partial charge in [-0.3, -0.25) is 10.6 Å². The van der Waals surface area contributed by atoms with Crippen LogP contribution in [0, 0.1) is 28.3 Å². The molecule has 1 aliphatic rings. The number of benzene rings is 2. The number of H-pyrrole nitrogens is 1. The van der Waals surface area contributed by atoms with E-state index >= 15 is 0 Å². The predicted molar refractivity (Wildman–Crippen MR) is 113 cm³/mol. The summed E-state index contributed by atoms with van der Waals surface area (Å²) in [5.74, 6) is -3.48. The van der Waals surface area contributed by atoms with Crippen molar-refractivity contribution in [3.63, 3.8) is 0 Å². The molecule has 31 heavy (non-hydrogen) atoms. The van der Waals surface area contributed by atoms with Gasteiger partial charge >= 0.3 is 0 Å². The van der Waals surface area contributed by atoms with Gasteiger partial charge < -0.3 is 15.6 Å². The van der Waals surface area contributed by atoms with Gasteiger partial charge in [-0.25, -0.2) is 23.2 Å². The second-order valence-electron chi connectivity index (χ2n) is 8.09. The first-order valence-electron chi connectivity index (χ1n) is 9.46. The minimum atomic E-state index is -1.22. The molecule has 1 saturated heterocycles. The van der Waals surface area contributed by atoms with Crippen LogP contribution in [-0.4, -0.2) is 40.1 Å². The molecular weight excluding hydrogens is 433 g/mol. The van der Waals surface area contributed by atoms with E-state index in [0.717, 1.165) is 24.7 Å². The number of nitrogens with one attached hydrogen (secondary N) is 4. The van der Waals surface area contributed by atoms with Gasteiger partial charge in [-0.05, 0) is 29.7 Å². The molecule has 0 saturated carbocycles. The van der Waals surface area contributed by atoms with Gasteiger partial charge in [0.05, 0.1) is 16.2 Å². The minimum Gasteiger partial charge on any atom is -0.354 e. The standard InChI is InChI=1S/C20H20ClF3N6O/c1-20(2)8-27-14(20)7-26-19-28-16-10(6-13(23)15(24)17(16)29-19)18(25)30(31)9-3-4-12(22)11(21)5-9/h3-6,14,25,27,31H,7-8H2,1-2H3,(H2,26,28,29). The number of rotatable bonds is 5. The molecule has 0 amide bonds. The number of aromatic amines is 1. The first kappa shape index (κ1) is 21.4. The molecule has 0 aliphatic carbocycles. The van der Waals surface area contributed by atoms with Crippen molar-refractivity contribution in [2.75, 3.05) is 23.5 Å². The number of hydroxylamine groups is 1. The van der Waals surface area contributed by atoms with Crippen molar-refractivity contribution in [2.24, 2.45) is 5.41 Å². The lowest BCUT2D eigenvalue weighted by Gasteiger charge is -2.45. The van der Waals surface area contributed by atoms with Crippen molar-refractivity contribution in [3.8, 4) is 0 Å². The van der Waals surface area contributed by atoms with E-state index in [1.165, 1.54) is 6.07 Å². The lowest BCUT2D eigenvalue weighted by atomic mass is 9.77. The number of anilines is 2. The van der Waals surface area contributed by atoms with Gasteiger partial charge in [0.1, 0.15) is 11.3 Å². The molecule has 1 aromatic heterocycles. The molecular formula is C20H20ClF3N6O. The van der Waals surface area contributed by atoms with Crippen LogP contribution in [0.3, 0.4) is 0 Å². The maximum Gasteiger partial charge on any atom is 0.201 e. The highest BCUT2D eigenvalue weighted by molar-refractivity contribution is 6.31. The number of halogens is 4. The predicted octanol–water partition coefficient (Wildman–Crippen LogP) is 4.26. The number of hydrogen-bond acceptors (Lipinski definition) is 5. The van der Waals surface area contributed by atoms with Crippen LogP contribution in [-0.2, 0) is 0 Å². The molecule has 1 fully saturated rings. The molecule has 0 bridgehead atoms. The molecule has 5 N–H and O–H groups in total. The third kappa shape index (κ3) is 3.82. The summed E-state index contributed by atoms with van der Waals surface area (Å²) in [5, 5.41) is 25.2. The molecule has 2 aromatic carbocycles. The first-order valence-corrected chi connectivity index (χ1v) is 9.84. The molecule has 2 heterocycles. The van der Waals surface area contributed by atoms with Crippen LogP contribution in [0.5, 0.6) is 0 Å². The van der Waals surface area contributed by atoms with Crippen molar-refractivity contribution in [1.29, 1.82) is 5.41 Å². The first-order chi connectivity index (χ1) is 14.6. The van der Waals surface area contributed by atoms with E-state index < -0.39 is 23.3 Å². The van der Waals surface area contributed by atoms with Crippen LogP contribution in [0.2, 0.25) is 5.02 Å². The Morgan fingerprint density at radius 1 is 1.32 bits per heavy atom. The van der Waals surface area contributed by atoms with Crippen LogP contribution in [0.15, 0.2) is 24.3 Å². The lowest BCUT2D eigenvalue weighted by Crippen LogP contribution is -2.62. The van der Waals surface area contributed by atoms with Gasteiger partial charge in [0.2, 0.25) is 5.95 Å². The molecule has 164 valence electrons. The van der Waals surface area contributed by atoms with Crippen LogP contribution >= 0.6 is 11.6 Å². The second kappa shape index (κ2) is 7.70. The minimum absolute atomic E-state index is 0.0227. The molecule has 1 unspecified atom stereocenters. The van der Waals surface area contributed by atoms with E-state index in [1.54, 1.807) is 0 Å². The number of nitrogens with zero attached hydrogens (tertiary/aromatic N) is 2. The number of fused-ring (bicyclic) bond motifs is 1. The van der Waals surface area contributed by atoms with Crippen molar-refractivity contribution in [3.05, 3.63) is 52.3 Å². The van der Waals surface area contributed by atoms with Crippen molar-refractivity contribution >= 4 is 40.1 Å². The van der Waals surface area contributed by atoms with E-state index in [4.69, 9.17) is 17.0 Å². The molecule has 0 radical (unpaired) electrons. The van der Waals surface area contributed by atoms with Gasteiger partial charge in [-0.15, -0.1) is 0 Å². The van der Waals surface area contributed by atoms with Crippen LogP contribution < -0.4 is 15.7 Å². The largest absolute Gasteiger partial charge is 0.354 e. The summed E-state index contributed by atoms with van der Waals surface area (Å²) in [4.78, 5) is 6.92. The van der Waals surface area contributed by atoms with Gasteiger partial charge in [-0.1, -0.05) is 25.4 Å². The van der Waals surface area contributed by atoms with E-state index in [-0.39, 0.29) is 44.7 Å². The van der Waals surface area contributed by atoms with Crippen molar-refractivity contribution in [2.45, 2.75) is 19.9 Å². The fraction of sp³-hybridized carbons (Fsp3) is 0.300. The fourth-order valence-corrected chi connectivity index (χ4v) is 3.61. The maximum absolute atomic E-state index is 14.4. The maximum atomic E-state index is 14.4. The lowest BCUT2D eigenvalue weighted by molar-refractivity contribution is 0.137. The Bertz CT molecular complexity index is 1180. The second-order valence-corrected chi connectivity index (χ2v) is 8.50. The molecule has 1 aliphatic heterocycles. The Morgan fingerprint density at radius 2 is 2.06 bits per heavy atom. The molecule has 11 heteroatoms. The summed E-state index contributed by atoms with van der Waals surface area (Å²) in [6.07, 6.45) is 0. The van der Waals surface area contributed by atoms with Gasteiger partial charge in [-0.2, -0.15) is 0 Å². The summed E-state index contributed by atoms with van der Waals surface area (Å²) in [5.41, 5.74) is -0.352. The van der Waals surface area contributed by atoms with Crippen LogP contribution in [0.4, 0.5) is 24.8 Å². The van der Waals surface area contributed by atoms with E-state index in [1.807, 2.05) is 0 Å². The normalized spacial score (nSPS) is 17.5. The Balaban J connectivity index is 1.66. The number of hydrogen-bond donors (Lipinski definition) is 5. The summed E-state index contributed by atoms with van der Waals surface area (Å²) in [6, 6.07) is 4.28. The van der Waals surface area contributed by atoms with Crippen LogP contribution in [0.25, 0.3) is 11.0 Å². The van der Waals surface area contributed by atoms with E-state index in [0.29, 0.717) is 11.6 Å². The Morgan fingerprint density at radius 3 is 2.68 bits per heavy atom. The van der Waals surface area contributed by atoms with Gasteiger partial charge in [0.15, 0.2) is 17.5 Å². The topological polar surface area (TPSA) is 100 Å². The highest BCUT2D eigenvalue weighted by Crippen LogP contribution is 2.30. The Hall–Kier alpha value is -2.82. The van der Waals surface area contributed by atoms with Crippen LogP contribution in [0.1, 0.15) is 19.4 Å². The zero-order chi connectivity index (χ0) is 22.5. The molecule has 4 rings (SSSR count). The Kier molecular flexibility index (Phi) is 5.32. The monoisotopic (exact) mass is 452 g/mol. The highest BCUT2D eigenvalue weighted by Gasteiger charge is 2.37. The summed E-state index contributed by atoms with van der Waals surface area (Å²) < 4.78 is 42.0. The quantitative estimate of drug-likeness (QED) is 0.226. The number of amidine groups is 1. The number of aromatic nitrogens is 2. The highest BCUT2D eigenvalue weighted by atomic mass is 35.5. The average molecular weight is 453 g/mol. The van der Waals surface area contributed by atoms with E-state index in [2.05, 4.69) is 34.4 Å². The molecule has 7 nitrogen and oxygen atoms in total. The average Bonchev–Trinajstić information content (AvgIpc) is 3.15. The smallest absolute Gasteiger partial charge is 0.201 e. The van der Waals surface area contributed by atoms with E-state index in [9.17, 15) is 18.4 Å². The summed E-state index contributed by atoms with van der Waals surface area (Å²) in [6.45, 7) is 5.60. The zero-order valence-electron chi connectivity index (χ0n) is 16.7.